The van der Waals surface area contributed by atoms with Crippen molar-refractivity contribution in [3.05, 3.63) is 29.8 Å². The van der Waals surface area contributed by atoms with Crippen LogP contribution in [-0.2, 0) is 25.6 Å². The lowest BCUT2D eigenvalue weighted by Gasteiger charge is -2.26. The Balaban J connectivity index is 3.07. The first kappa shape index (κ1) is 27.9. The summed E-state index contributed by atoms with van der Waals surface area (Å²) in [5.74, 6) is -4.06. The molecule has 4 atom stereocenters. The standard InChI is InChI=1S/C22H34N4O7/c1-11(2)17(23)21(31)25-16(10-27)20(30)24-15(9-13-5-7-14(28)8-6-13)19(29)26-18(12(3)4)22(32)33/h5-8,11-12,15-18,27-28H,9-10,23H2,1-4H3,(H,24,30)(H,25,31)(H,26,29)(H,32,33). The molecule has 0 aliphatic heterocycles. The number of rotatable bonds is 12. The van der Waals surface area contributed by atoms with E-state index in [0.717, 1.165) is 0 Å². The van der Waals surface area contributed by atoms with Gasteiger partial charge in [-0.25, -0.2) is 4.79 Å². The molecule has 0 fully saturated rings. The van der Waals surface area contributed by atoms with E-state index in [0.29, 0.717) is 5.56 Å². The zero-order valence-corrected chi connectivity index (χ0v) is 19.2. The molecule has 3 amide bonds. The van der Waals surface area contributed by atoms with E-state index >= 15 is 0 Å². The number of phenolic OH excluding ortho intramolecular Hbond substituents is 1. The van der Waals surface area contributed by atoms with Crippen LogP contribution in [-0.4, -0.2) is 69.8 Å². The number of aromatic hydroxyl groups is 1. The Morgan fingerprint density at radius 2 is 1.36 bits per heavy atom. The van der Waals surface area contributed by atoms with E-state index in [1.807, 2.05) is 0 Å². The van der Waals surface area contributed by atoms with Crippen LogP contribution in [0.25, 0.3) is 0 Å². The van der Waals surface area contributed by atoms with Gasteiger partial charge in [0.1, 0.15) is 23.9 Å². The Kier molecular flexibility index (Phi) is 10.8. The summed E-state index contributed by atoms with van der Waals surface area (Å²) in [6, 6.07) is 1.25. The van der Waals surface area contributed by atoms with Gasteiger partial charge in [0, 0.05) is 6.42 Å². The maximum absolute atomic E-state index is 12.9. The first-order chi connectivity index (χ1) is 15.4. The Hall–Kier alpha value is -3.18. The molecule has 184 valence electrons. The lowest BCUT2D eigenvalue weighted by atomic mass is 10.0. The van der Waals surface area contributed by atoms with Gasteiger partial charge in [-0.15, -0.1) is 0 Å². The van der Waals surface area contributed by atoms with Gasteiger partial charge in [-0.05, 0) is 29.5 Å². The van der Waals surface area contributed by atoms with Crippen molar-refractivity contribution in [2.75, 3.05) is 6.61 Å². The van der Waals surface area contributed by atoms with Gasteiger partial charge >= 0.3 is 5.97 Å². The normalized spacial score (nSPS) is 14.8. The fourth-order valence-electron chi connectivity index (χ4n) is 2.88. The molecule has 8 N–H and O–H groups in total. The van der Waals surface area contributed by atoms with E-state index in [2.05, 4.69) is 16.0 Å². The van der Waals surface area contributed by atoms with Crippen LogP contribution in [0.2, 0.25) is 0 Å². The summed E-state index contributed by atoms with van der Waals surface area (Å²) in [7, 11) is 0. The van der Waals surface area contributed by atoms with Crippen molar-refractivity contribution >= 4 is 23.7 Å². The molecular weight excluding hydrogens is 432 g/mol. The third-order valence-corrected chi connectivity index (χ3v) is 5.08. The summed E-state index contributed by atoms with van der Waals surface area (Å²) in [6.07, 6.45) is -0.0279. The number of carboxylic acid groups (broad SMARTS) is 1. The average molecular weight is 467 g/mol. The van der Waals surface area contributed by atoms with Crippen LogP contribution < -0.4 is 21.7 Å². The number of carbonyl (C=O) groups excluding carboxylic acids is 3. The molecule has 0 radical (unpaired) electrons. The van der Waals surface area contributed by atoms with E-state index in [-0.39, 0.29) is 18.1 Å². The fraction of sp³-hybridized carbons (Fsp3) is 0.545. The monoisotopic (exact) mass is 466 g/mol. The predicted molar refractivity (Wildman–Crippen MR) is 120 cm³/mol. The minimum absolute atomic E-state index is 0.0130. The number of aliphatic carboxylic acids is 1. The summed E-state index contributed by atoms with van der Waals surface area (Å²) in [6.45, 7) is 5.97. The fourth-order valence-corrected chi connectivity index (χ4v) is 2.88. The number of benzene rings is 1. The van der Waals surface area contributed by atoms with Gasteiger partial charge in [0.05, 0.1) is 12.6 Å². The Labute approximate surface area is 192 Å². The summed E-state index contributed by atoms with van der Waals surface area (Å²) in [5.41, 5.74) is 6.35. The molecule has 0 spiro atoms. The number of phenols is 1. The van der Waals surface area contributed by atoms with Gasteiger partial charge in [0.25, 0.3) is 0 Å². The predicted octanol–water partition coefficient (Wildman–Crippen LogP) is -0.895. The molecular formula is C22H34N4O7. The van der Waals surface area contributed by atoms with Crippen LogP contribution in [0.15, 0.2) is 24.3 Å². The first-order valence-electron chi connectivity index (χ1n) is 10.7. The second kappa shape index (κ2) is 12.8. The lowest BCUT2D eigenvalue weighted by molar-refractivity contribution is -0.143. The number of hydrogen-bond acceptors (Lipinski definition) is 7. The summed E-state index contributed by atoms with van der Waals surface area (Å²) < 4.78 is 0. The third kappa shape index (κ3) is 8.70. The van der Waals surface area contributed by atoms with E-state index in [1.165, 1.54) is 12.1 Å². The van der Waals surface area contributed by atoms with E-state index in [4.69, 9.17) is 5.73 Å². The summed E-state index contributed by atoms with van der Waals surface area (Å²) >= 11 is 0. The van der Waals surface area contributed by atoms with Crippen molar-refractivity contribution in [2.45, 2.75) is 58.3 Å². The third-order valence-electron chi connectivity index (χ3n) is 5.08. The molecule has 0 aliphatic carbocycles. The van der Waals surface area contributed by atoms with Gasteiger partial charge < -0.3 is 37.0 Å². The van der Waals surface area contributed by atoms with Crippen molar-refractivity contribution in [2.24, 2.45) is 17.6 Å². The number of hydrogen-bond donors (Lipinski definition) is 7. The number of carboxylic acids is 1. The number of aliphatic hydroxyl groups excluding tert-OH is 1. The number of amides is 3. The summed E-state index contributed by atoms with van der Waals surface area (Å²) in [5, 5.41) is 35.7. The minimum atomic E-state index is -1.36. The second-order valence-corrected chi connectivity index (χ2v) is 8.51. The van der Waals surface area contributed by atoms with Crippen molar-refractivity contribution < 1.29 is 34.5 Å². The van der Waals surface area contributed by atoms with Crippen LogP contribution in [0.5, 0.6) is 5.75 Å². The number of aliphatic hydroxyl groups is 1. The van der Waals surface area contributed by atoms with E-state index in [1.54, 1.807) is 39.8 Å². The van der Waals surface area contributed by atoms with E-state index in [9.17, 15) is 34.5 Å². The maximum Gasteiger partial charge on any atom is 0.326 e. The molecule has 0 bridgehead atoms. The summed E-state index contributed by atoms with van der Waals surface area (Å²) in [4.78, 5) is 49.3. The highest BCUT2D eigenvalue weighted by atomic mass is 16.4. The van der Waals surface area contributed by atoms with Crippen molar-refractivity contribution in [3.63, 3.8) is 0 Å². The second-order valence-electron chi connectivity index (χ2n) is 8.51. The Bertz CT molecular complexity index is 827. The number of carbonyl (C=O) groups is 4. The molecule has 11 heteroatoms. The molecule has 11 nitrogen and oxygen atoms in total. The van der Waals surface area contributed by atoms with Gasteiger partial charge in [-0.3, -0.25) is 14.4 Å². The highest BCUT2D eigenvalue weighted by molar-refractivity contribution is 5.94. The quantitative estimate of drug-likeness (QED) is 0.206. The Morgan fingerprint density at radius 1 is 0.848 bits per heavy atom. The van der Waals surface area contributed by atoms with Crippen LogP contribution >= 0.6 is 0 Å². The highest BCUT2D eigenvalue weighted by Crippen LogP contribution is 2.12. The molecule has 1 aromatic carbocycles. The number of nitrogens with one attached hydrogen (secondary N) is 3. The molecule has 0 saturated carbocycles. The zero-order valence-electron chi connectivity index (χ0n) is 19.2. The molecule has 1 aromatic rings. The van der Waals surface area contributed by atoms with Gasteiger partial charge in [-0.2, -0.15) is 0 Å². The van der Waals surface area contributed by atoms with Crippen molar-refractivity contribution in [1.82, 2.24) is 16.0 Å². The van der Waals surface area contributed by atoms with Gasteiger partial charge in [0.2, 0.25) is 17.7 Å². The van der Waals surface area contributed by atoms with Gasteiger partial charge in [0.15, 0.2) is 0 Å². The average Bonchev–Trinajstić information content (AvgIpc) is 2.75. The SMILES string of the molecule is CC(C)C(N)C(=O)NC(CO)C(=O)NC(Cc1ccc(O)cc1)C(=O)NC(C(=O)O)C(C)C. The molecule has 0 aromatic heterocycles. The molecule has 0 heterocycles. The van der Waals surface area contributed by atoms with Crippen molar-refractivity contribution in [3.8, 4) is 5.75 Å². The largest absolute Gasteiger partial charge is 0.508 e. The zero-order chi connectivity index (χ0) is 25.3. The maximum atomic E-state index is 12.9. The van der Waals surface area contributed by atoms with Crippen LogP contribution in [0.1, 0.15) is 33.3 Å². The molecule has 1 rings (SSSR count). The van der Waals surface area contributed by atoms with Gasteiger partial charge in [-0.1, -0.05) is 39.8 Å². The lowest BCUT2D eigenvalue weighted by Crippen LogP contribution is -2.59. The molecule has 4 unspecified atom stereocenters. The van der Waals surface area contributed by atoms with E-state index < -0.39 is 60.4 Å². The molecule has 0 saturated heterocycles. The number of nitrogens with two attached hydrogens (primary N) is 1. The Morgan fingerprint density at radius 3 is 1.82 bits per heavy atom. The van der Waals surface area contributed by atoms with Crippen LogP contribution in [0.4, 0.5) is 0 Å². The van der Waals surface area contributed by atoms with Crippen LogP contribution in [0.3, 0.4) is 0 Å². The molecule has 0 aliphatic rings. The first-order valence-corrected chi connectivity index (χ1v) is 10.7. The minimum Gasteiger partial charge on any atom is -0.508 e. The highest BCUT2D eigenvalue weighted by Gasteiger charge is 2.31. The molecule has 33 heavy (non-hydrogen) atoms. The topological polar surface area (TPSA) is 191 Å². The van der Waals surface area contributed by atoms with Crippen LogP contribution in [0, 0.1) is 11.8 Å². The van der Waals surface area contributed by atoms with Crippen molar-refractivity contribution in [1.29, 1.82) is 0 Å². The smallest absolute Gasteiger partial charge is 0.326 e.